The van der Waals surface area contributed by atoms with Gasteiger partial charge in [0.25, 0.3) is 0 Å². The highest BCUT2D eigenvalue weighted by Gasteiger charge is 2.07. The summed E-state index contributed by atoms with van der Waals surface area (Å²) < 4.78 is 0. The summed E-state index contributed by atoms with van der Waals surface area (Å²) in [5, 5.41) is 2.76. The van der Waals surface area contributed by atoms with E-state index in [-0.39, 0.29) is 11.8 Å². The van der Waals surface area contributed by atoms with Gasteiger partial charge in [0.2, 0.25) is 5.91 Å². The molecule has 0 fully saturated rings. The molecule has 0 atom stereocenters. The third kappa shape index (κ3) is 2.91. The van der Waals surface area contributed by atoms with E-state index in [0.29, 0.717) is 11.5 Å². The molecule has 0 saturated heterocycles. The van der Waals surface area contributed by atoms with E-state index in [4.69, 9.17) is 0 Å². The lowest BCUT2D eigenvalue weighted by Gasteiger charge is -2.07. The van der Waals surface area contributed by atoms with Gasteiger partial charge in [0, 0.05) is 11.5 Å². The second kappa shape index (κ2) is 5.40. The number of aromatic nitrogens is 2. The number of amides is 1. The third-order valence-electron chi connectivity index (χ3n) is 2.48. The molecule has 1 aromatic carbocycles. The van der Waals surface area contributed by atoms with Crippen molar-refractivity contribution in [2.75, 3.05) is 5.32 Å². The average Bonchev–Trinajstić information content (AvgIpc) is 2.40. The number of carbonyl (C=O) groups excluding carboxylic acids is 1. The molecule has 0 radical (unpaired) electrons. The lowest BCUT2D eigenvalue weighted by molar-refractivity contribution is -0.118. The molecule has 0 bridgehead atoms. The fraction of sp³-hybridized carbons (Fsp3) is 0.214. The Kier molecular flexibility index (Phi) is 3.67. The number of benzene rings is 1. The van der Waals surface area contributed by atoms with Gasteiger partial charge in [0.05, 0.1) is 18.1 Å². The van der Waals surface area contributed by atoms with Crippen LogP contribution in [0.3, 0.4) is 0 Å². The van der Waals surface area contributed by atoms with E-state index in [0.717, 1.165) is 5.56 Å². The first kappa shape index (κ1) is 12.2. The van der Waals surface area contributed by atoms with Gasteiger partial charge in [-0.2, -0.15) is 0 Å². The maximum atomic E-state index is 11.5. The number of hydrogen-bond donors (Lipinski definition) is 1. The second-order valence-corrected chi connectivity index (χ2v) is 4.31. The first-order valence-electron chi connectivity index (χ1n) is 5.85. The van der Waals surface area contributed by atoms with Crippen LogP contribution in [-0.4, -0.2) is 15.9 Å². The zero-order valence-electron chi connectivity index (χ0n) is 10.4. The van der Waals surface area contributed by atoms with Gasteiger partial charge in [-0.1, -0.05) is 44.2 Å². The molecule has 1 N–H and O–H groups in total. The molecule has 2 rings (SSSR count). The Bertz CT molecular complexity index is 520. The van der Waals surface area contributed by atoms with Crippen LogP contribution in [-0.2, 0) is 4.79 Å². The van der Waals surface area contributed by atoms with E-state index in [1.54, 1.807) is 12.4 Å². The minimum absolute atomic E-state index is 0.0361. The molecule has 1 heterocycles. The lowest BCUT2D eigenvalue weighted by Crippen LogP contribution is -2.17. The Hall–Kier alpha value is -2.23. The van der Waals surface area contributed by atoms with Crippen molar-refractivity contribution >= 4 is 11.6 Å². The van der Waals surface area contributed by atoms with Crippen molar-refractivity contribution in [2.24, 2.45) is 5.92 Å². The highest BCUT2D eigenvalue weighted by Crippen LogP contribution is 2.15. The van der Waals surface area contributed by atoms with Gasteiger partial charge in [-0.3, -0.25) is 4.79 Å². The third-order valence-corrected chi connectivity index (χ3v) is 2.48. The van der Waals surface area contributed by atoms with Gasteiger partial charge in [0.15, 0.2) is 5.82 Å². The normalized spacial score (nSPS) is 10.4. The van der Waals surface area contributed by atoms with Gasteiger partial charge in [-0.25, -0.2) is 9.97 Å². The molecular weight excluding hydrogens is 226 g/mol. The predicted octanol–water partition coefficient (Wildman–Crippen LogP) is 2.74. The molecule has 2 aromatic rings. The molecule has 4 nitrogen and oxygen atoms in total. The molecule has 4 heteroatoms. The molecule has 18 heavy (non-hydrogen) atoms. The second-order valence-electron chi connectivity index (χ2n) is 4.31. The minimum Gasteiger partial charge on any atom is -0.323 e. The van der Waals surface area contributed by atoms with Gasteiger partial charge in [-0.15, -0.1) is 0 Å². The van der Waals surface area contributed by atoms with Gasteiger partial charge < -0.3 is 5.32 Å². The summed E-state index contributed by atoms with van der Waals surface area (Å²) in [5.41, 5.74) is 1.58. The Morgan fingerprint density at radius 3 is 2.28 bits per heavy atom. The van der Waals surface area contributed by atoms with Crippen LogP contribution in [0.4, 0.5) is 5.69 Å². The Morgan fingerprint density at radius 1 is 1.11 bits per heavy atom. The molecule has 0 spiro atoms. The summed E-state index contributed by atoms with van der Waals surface area (Å²) in [4.78, 5) is 20.0. The van der Waals surface area contributed by atoms with Gasteiger partial charge in [0.1, 0.15) is 0 Å². The van der Waals surface area contributed by atoms with Crippen molar-refractivity contribution < 1.29 is 4.79 Å². The SMILES string of the molecule is CC(C)C(=O)Nc1cnc(-c2ccccc2)nc1. The summed E-state index contributed by atoms with van der Waals surface area (Å²) in [7, 11) is 0. The number of carbonyl (C=O) groups is 1. The van der Waals surface area contributed by atoms with Crippen LogP contribution in [0.25, 0.3) is 11.4 Å². The fourth-order valence-electron chi connectivity index (χ4n) is 1.42. The number of anilines is 1. The lowest BCUT2D eigenvalue weighted by atomic mass is 10.2. The van der Waals surface area contributed by atoms with Gasteiger partial charge in [-0.05, 0) is 0 Å². The summed E-state index contributed by atoms with van der Waals surface area (Å²) in [6.45, 7) is 3.68. The number of rotatable bonds is 3. The van der Waals surface area contributed by atoms with Crippen LogP contribution < -0.4 is 5.32 Å². The highest BCUT2D eigenvalue weighted by atomic mass is 16.1. The van der Waals surface area contributed by atoms with Crippen molar-refractivity contribution in [3.05, 3.63) is 42.7 Å². The topological polar surface area (TPSA) is 54.9 Å². The quantitative estimate of drug-likeness (QED) is 0.898. The maximum Gasteiger partial charge on any atom is 0.227 e. The van der Waals surface area contributed by atoms with Gasteiger partial charge >= 0.3 is 0 Å². The first-order valence-corrected chi connectivity index (χ1v) is 5.85. The summed E-state index contributed by atoms with van der Waals surface area (Å²) >= 11 is 0. The number of nitrogens with zero attached hydrogens (tertiary/aromatic N) is 2. The summed E-state index contributed by atoms with van der Waals surface area (Å²) in [5.74, 6) is 0.558. The summed E-state index contributed by atoms with van der Waals surface area (Å²) in [6.07, 6.45) is 3.24. The Morgan fingerprint density at radius 2 is 1.72 bits per heavy atom. The Labute approximate surface area is 106 Å². The zero-order chi connectivity index (χ0) is 13.0. The van der Waals surface area contributed by atoms with Crippen molar-refractivity contribution in [2.45, 2.75) is 13.8 Å². The van der Waals surface area contributed by atoms with E-state index >= 15 is 0 Å². The molecule has 1 aromatic heterocycles. The fourth-order valence-corrected chi connectivity index (χ4v) is 1.42. The molecule has 0 aliphatic heterocycles. The van der Waals surface area contributed by atoms with Crippen molar-refractivity contribution in [3.63, 3.8) is 0 Å². The van der Waals surface area contributed by atoms with Crippen molar-refractivity contribution in [3.8, 4) is 11.4 Å². The van der Waals surface area contributed by atoms with Crippen LogP contribution in [0.15, 0.2) is 42.7 Å². The first-order chi connectivity index (χ1) is 8.66. The Balaban J connectivity index is 2.13. The van der Waals surface area contributed by atoms with Crippen LogP contribution in [0.1, 0.15) is 13.8 Å². The smallest absolute Gasteiger partial charge is 0.227 e. The molecule has 0 unspecified atom stereocenters. The number of nitrogens with one attached hydrogen (secondary N) is 1. The molecule has 0 saturated carbocycles. The average molecular weight is 241 g/mol. The van der Waals surface area contributed by atoms with Crippen LogP contribution in [0.2, 0.25) is 0 Å². The zero-order valence-corrected chi connectivity index (χ0v) is 10.4. The van der Waals surface area contributed by atoms with E-state index in [1.165, 1.54) is 0 Å². The van der Waals surface area contributed by atoms with Crippen LogP contribution in [0, 0.1) is 5.92 Å². The molecular formula is C14H15N3O. The molecule has 0 aliphatic carbocycles. The highest BCUT2D eigenvalue weighted by molar-refractivity contribution is 5.91. The van der Waals surface area contributed by atoms with Crippen LogP contribution >= 0.6 is 0 Å². The predicted molar refractivity (Wildman–Crippen MR) is 70.9 cm³/mol. The van der Waals surface area contributed by atoms with E-state index in [2.05, 4.69) is 15.3 Å². The molecule has 92 valence electrons. The van der Waals surface area contributed by atoms with Crippen molar-refractivity contribution in [1.29, 1.82) is 0 Å². The minimum atomic E-state index is -0.0567. The standard InChI is InChI=1S/C14H15N3O/c1-10(2)14(18)17-12-8-15-13(16-9-12)11-6-4-3-5-7-11/h3-10H,1-2H3,(H,17,18). The number of hydrogen-bond acceptors (Lipinski definition) is 3. The van der Waals surface area contributed by atoms with E-state index in [9.17, 15) is 4.79 Å². The summed E-state index contributed by atoms with van der Waals surface area (Å²) in [6, 6.07) is 9.71. The van der Waals surface area contributed by atoms with Crippen molar-refractivity contribution in [1.82, 2.24) is 9.97 Å². The molecule has 0 aliphatic rings. The maximum absolute atomic E-state index is 11.5. The van der Waals surface area contributed by atoms with E-state index in [1.807, 2.05) is 44.2 Å². The monoisotopic (exact) mass is 241 g/mol. The van der Waals surface area contributed by atoms with E-state index < -0.39 is 0 Å². The molecule has 1 amide bonds. The van der Waals surface area contributed by atoms with Crippen LogP contribution in [0.5, 0.6) is 0 Å². The largest absolute Gasteiger partial charge is 0.323 e.